The Morgan fingerprint density at radius 3 is 0.753 bits per heavy atom. The number of amides is 1. The molecule has 0 spiro atoms. The number of carbonyl (C=O) groups excluding carboxylic acids is 2. The molecule has 0 bridgehead atoms. The van der Waals surface area contributed by atoms with E-state index in [0.29, 0.717) is 25.9 Å². The molecular formula is C75H149NO5. The van der Waals surface area contributed by atoms with Crippen LogP contribution in [-0.4, -0.2) is 47.4 Å². The van der Waals surface area contributed by atoms with Crippen LogP contribution in [0.1, 0.15) is 444 Å². The standard InChI is InChI=1S/C75H149NO5/c1-3-5-7-9-11-13-15-17-19-21-23-24-25-26-27-28-32-35-39-43-47-51-55-59-63-67-73(78)72(71-77)76-74(79)68-64-60-56-52-48-44-40-36-33-29-30-34-38-42-46-50-54-58-62-66-70-81-75(80)69-65-61-57-53-49-45-41-37-31-22-20-18-16-14-12-10-8-6-4-2/h72-73,77-78H,3-71H2,1-2H3,(H,76,79). The van der Waals surface area contributed by atoms with Crippen molar-refractivity contribution < 1.29 is 24.5 Å². The molecule has 3 N–H and O–H groups in total. The third-order valence-electron chi connectivity index (χ3n) is 18.2. The number of hydrogen-bond donors (Lipinski definition) is 3. The van der Waals surface area contributed by atoms with Gasteiger partial charge in [0.1, 0.15) is 0 Å². The molecule has 0 aliphatic rings. The largest absolute Gasteiger partial charge is 0.466 e. The molecule has 2 unspecified atom stereocenters. The predicted octanol–water partition coefficient (Wildman–Crippen LogP) is 24.5. The van der Waals surface area contributed by atoms with Gasteiger partial charge in [-0.2, -0.15) is 0 Å². The maximum absolute atomic E-state index is 12.6. The number of nitrogens with one attached hydrogen (secondary N) is 1. The lowest BCUT2D eigenvalue weighted by Gasteiger charge is -2.22. The van der Waals surface area contributed by atoms with Gasteiger partial charge in [-0.25, -0.2) is 0 Å². The fourth-order valence-corrected chi connectivity index (χ4v) is 12.4. The highest BCUT2D eigenvalue weighted by atomic mass is 16.5. The molecule has 0 aromatic carbocycles. The Hall–Kier alpha value is -1.14. The smallest absolute Gasteiger partial charge is 0.305 e. The summed E-state index contributed by atoms with van der Waals surface area (Å²) in [7, 11) is 0. The lowest BCUT2D eigenvalue weighted by atomic mass is 10.0. The quantitative estimate of drug-likeness (QED) is 0.0417. The zero-order valence-electron chi connectivity index (χ0n) is 55.6. The van der Waals surface area contributed by atoms with E-state index >= 15 is 0 Å². The van der Waals surface area contributed by atoms with Crippen LogP contribution in [0.3, 0.4) is 0 Å². The summed E-state index contributed by atoms with van der Waals surface area (Å²) in [6.07, 6.45) is 87.4. The van der Waals surface area contributed by atoms with E-state index in [1.54, 1.807) is 0 Å². The van der Waals surface area contributed by atoms with Gasteiger partial charge in [0.2, 0.25) is 5.91 Å². The molecule has 1 amide bonds. The van der Waals surface area contributed by atoms with Crippen molar-refractivity contribution in [2.75, 3.05) is 13.2 Å². The second-order valence-corrected chi connectivity index (χ2v) is 26.4. The topological polar surface area (TPSA) is 95.9 Å². The fourth-order valence-electron chi connectivity index (χ4n) is 12.4. The molecule has 6 nitrogen and oxygen atoms in total. The maximum Gasteiger partial charge on any atom is 0.305 e. The van der Waals surface area contributed by atoms with Crippen LogP contribution in [0, 0.1) is 0 Å². The molecule has 0 aromatic heterocycles. The van der Waals surface area contributed by atoms with E-state index in [0.717, 1.165) is 38.5 Å². The molecular weight excluding hydrogens is 995 g/mol. The number of aliphatic hydroxyl groups excluding tert-OH is 2. The van der Waals surface area contributed by atoms with Gasteiger partial charge in [0.15, 0.2) is 0 Å². The highest BCUT2D eigenvalue weighted by molar-refractivity contribution is 5.76. The van der Waals surface area contributed by atoms with E-state index in [9.17, 15) is 19.8 Å². The summed E-state index contributed by atoms with van der Waals surface area (Å²) in [4.78, 5) is 24.7. The van der Waals surface area contributed by atoms with Gasteiger partial charge in [-0.05, 0) is 25.7 Å². The van der Waals surface area contributed by atoms with Crippen LogP contribution in [0.2, 0.25) is 0 Å². The Morgan fingerprint density at radius 1 is 0.296 bits per heavy atom. The van der Waals surface area contributed by atoms with E-state index < -0.39 is 12.1 Å². The molecule has 0 aromatic rings. The minimum Gasteiger partial charge on any atom is -0.466 e. The molecule has 2 atom stereocenters. The number of aliphatic hydroxyl groups is 2. The van der Waals surface area contributed by atoms with Gasteiger partial charge in [0.05, 0.1) is 25.4 Å². The number of unbranched alkanes of at least 4 members (excludes halogenated alkanes) is 61. The Morgan fingerprint density at radius 2 is 0.506 bits per heavy atom. The van der Waals surface area contributed by atoms with Crippen LogP contribution in [0.5, 0.6) is 0 Å². The van der Waals surface area contributed by atoms with Crippen molar-refractivity contribution in [1.29, 1.82) is 0 Å². The van der Waals surface area contributed by atoms with Crippen LogP contribution >= 0.6 is 0 Å². The first kappa shape index (κ1) is 79.9. The molecule has 0 aliphatic heterocycles. The van der Waals surface area contributed by atoms with Crippen LogP contribution in [0.15, 0.2) is 0 Å². The average molecular weight is 1150 g/mol. The van der Waals surface area contributed by atoms with Gasteiger partial charge in [-0.3, -0.25) is 9.59 Å². The molecule has 0 saturated heterocycles. The normalized spacial score (nSPS) is 12.4. The van der Waals surface area contributed by atoms with Crippen molar-refractivity contribution in [2.24, 2.45) is 0 Å². The first-order valence-electron chi connectivity index (χ1n) is 37.8. The number of ether oxygens (including phenoxy) is 1. The van der Waals surface area contributed by atoms with Crippen molar-refractivity contribution >= 4 is 11.9 Å². The zero-order chi connectivity index (χ0) is 58.5. The summed E-state index contributed by atoms with van der Waals surface area (Å²) in [5.74, 6) is -0.0128. The molecule has 0 fully saturated rings. The number of esters is 1. The molecule has 0 saturated carbocycles. The molecule has 0 radical (unpaired) electrons. The van der Waals surface area contributed by atoms with Crippen LogP contribution < -0.4 is 5.32 Å². The molecule has 484 valence electrons. The van der Waals surface area contributed by atoms with E-state index in [2.05, 4.69) is 19.2 Å². The van der Waals surface area contributed by atoms with E-state index in [1.165, 1.54) is 372 Å². The third-order valence-corrected chi connectivity index (χ3v) is 18.2. The SMILES string of the molecule is CCCCCCCCCCCCCCCCCCCCCCCCCCCC(O)C(CO)NC(=O)CCCCCCCCCCCCCCCCCCCCCCOC(=O)CCCCCCCCCCCCCCCCCCCCC. The minimum absolute atomic E-state index is 0.0174. The molecule has 81 heavy (non-hydrogen) atoms. The van der Waals surface area contributed by atoms with Crippen molar-refractivity contribution in [1.82, 2.24) is 5.32 Å². The van der Waals surface area contributed by atoms with Gasteiger partial charge in [0.25, 0.3) is 0 Å². The first-order valence-corrected chi connectivity index (χ1v) is 37.8. The number of hydrogen-bond acceptors (Lipinski definition) is 5. The highest BCUT2D eigenvalue weighted by Crippen LogP contribution is 2.20. The summed E-state index contributed by atoms with van der Waals surface area (Å²) in [5.41, 5.74) is 0. The highest BCUT2D eigenvalue weighted by Gasteiger charge is 2.20. The monoisotopic (exact) mass is 1140 g/mol. The van der Waals surface area contributed by atoms with Crippen molar-refractivity contribution in [3.63, 3.8) is 0 Å². The Kier molecular flexibility index (Phi) is 70.3. The fraction of sp³-hybridized carbons (Fsp3) is 0.973. The molecule has 6 heteroatoms. The summed E-state index contributed by atoms with van der Waals surface area (Å²) >= 11 is 0. The van der Waals surface area contributed by atoms with Crippen molar-refractivity contribution in [3.05, 3.63) is 0 Å². The number of rotatable bonds is 72. The maximum atomic E-state index is 12.6. The second kappa shape index (κ2) is 71.3. The Bertz CT molecular complexity index is 1180. The second-order valence-electron chi connectivity index (χ2n) is 26.4. The van der Waals surface area contributed by atoms with Gasteiger partial charge in [-0.15, -0.1) is 0 Å². The van der Waals surface area contributed by atoms with Crippen molar-refractivity contribution in [2.45, 2.75) is 456 Å². The van der Waals surface area contributed by atoms with Crippen LogP contribution in [0.4, 0.5) is 0 Å². The van der Waals surface area contributed by atoms with Gasteiger partial charge >= 0.3 is 5.97 Å². The van der Waals surface area contributed by atoms with Gasteiger partial charge in [0, 0.05) is 12.8 Å². The molecule has 0 heterocycles. The summed E-state index contributed by atoms with van der Waals surface area (Å²) in [5, 5.41) is 23.5. The molecule has 0 aliphatic carbocycles. The van der Waals surface area contributed by atoms with E-state index in [1.807, 2.05) is 0 Å². The lowest BCUT2D eigenvalue weighted by molar-refractivity contribution is -0.143. The van der Waals surface area contributed by atoms with Gasteiger partial charge in [-0.1, -0.05) is 406 Å². The summed E-state index contributed by atoms with van der Waals surface area (Å²) in [6.45, 7) is 5.01. The average Bonchev–Trinajstić information content (AvgIpc) is 3.47. The van der Waals surface area contributed by atoms with Crippen molar-refractivity contribution in [3.8, 4) is 0 Å². The van der Waals surface area contributed by atoms with E-state index in [-0.39, 0.29) is 18.5 Å². The Labute approximate surface area is 508 Å². The predicted molar refractivity (Wildman–Crippen MR) is 357 cm³/mol. The molecule has 0 rings (SSSR count). The summed E-state index contributed by atoms with van der Waals surface area (Å²) in [6, 6.07) is -0.544. The minimum atomic E-state index is -0.666. The summed E-state index contributed by atoms with van der Waals surface area (Å²) < 4.78 is 5.52. The first-order chi connectivity index (χ1) is 40.0. The lowest BCUT2D eigenvalue weighted by Crippen LogP contribution is -2.45. The third kappa shape index (κ3) is 67.9. The van der Waals surface area contributed by atoms with Crippen LogP contribution in [-0.2, 0) is 14.3 Å². The van der Waals surface area contributed by atoms with Gasteiger partial charge < -0.3 is 20.3 Å². The van der Waals surface area contributed by atoms with Crippen LogP contribution in [0.25, 0.3) is 0 Å². The zero-order valence-corrected chi connectivity index (χ0v) is 55.6. The number of carbonyl (C=O) groups is 2. The van der Waals surface area contributed by atoms with E-state index in [4.69, 9.17) is 4.74 Å². The Balaban J connectivity index is 3.36.